The summed E-state index contributed by atoms with van der Waals surface area (Å²) in [5, 5.41) is 20.3. The third-order valence-corrected chi connectivity index (χ3v) is 6.79. The third kappa shape index (κ3) is 5.42. The monoisotopic (exact) mass is 526 g/mol. The van der Waals surface area contributed by atoms with Crippen LogP contribution in [0, 0.1) is 17.0 Å². The first-order chi connectivity index (χ1) is 18.4. The van der Waals surface area contributed by atoms with Crippen LogP contribution in [-0.4, -0.2) is 30.6 Å². The van der Waals surface area contributed by atoms with Crippen molar-refractivity contribution in [2.45, 2.75) is 19.8 Å². The van der Waals surface area contributed by atoms with E-state index in [1.807, 2.05) is 47.8 Å². The first-order valence-electron chi connectivity index (χ1n) is 11.7. The number of non-ortho nitro benzene ring substituents is 1. The normalized spacial score (nSPS) is 10.9. The van der Waals surface area contributed by atoms with Crippen LogP contribution in [0.5, 0.6) is 0 Å². The highest BCUT2D eigenvalue weighted by molar-refractivity contribution is 7.13. The van der Waals surface area contributed by atoms with Gasteiger partial charge in [-0.05, 0) is 29.5 Å². The minimum atomic E-state index is -0.491. The van der Waals surface area contributed by atoms with Gasteiger partial charge in [-0.25, -0.2) is 4.98 Å². The molecule has 190 valence electrons. The van der Waals surface area contributed by atoms with Gasteiger partial charge in [0.1, 0.15) is 11.5 Å². The van der Waals surface area contributed by atoms with Crippen LogP contribution in [0.2, 0.25) is 0 Å². The van der Waals surface area contributed by atoms with Crippen molar-refractivity contribution in [1.82, 2.24) is 19.7 Å². The number of hydrogen-bond donors (Lipinski definition) is 2. The average molecular weight is 527 g/mol. The van der Waals surface area contributed by atoms with Crippen LogP contribution in [0.1, 0.15) is 22.4 Å². The Bertz CT molecular complexity index is 1660. The summed E-state index contributed by atoms with van der Waals surface area (Å²) in [7, 11) is 0. The zero-order valence-corrected chi connectivity index (χ0v) is 21.1. The first-order valence-corrected chi connectivity index (χ1v) is 12.6. The molecule has 11 heteroatoms. The second-order valence-electron chi connectivity index (χ2n) is 8.57. The number of nitro groups is 1. The number of nitro benzene ring substituents is 1. The summed E-state index contributed by atoms with van der Waals surface area (Å²) < 4.78 is 1.41. The molecule has 0 bridgehead atoms. The van der Waals surface area contributed by atoms with Gasteiger partial charge < -0.3 is 5.32 Å². The molecular formula is C27H22N6O4S. The molecule has 10 nitrogen and oxygen atoms in total. The third-order valence-electron chi connectivity index (χ3n) is 5.90. The Labute approximate surface area is 220 Å². The Morgan fingerprint density at radius 2 is 1.84 bits per heavy atom. The Hall–Kier alpha value is -4.90. The molecule has 0 fully saturated rings. The molecule has 0 aliphatic carbocycles. The van der Waals surface area contributed by atoms with Crippen LogP contribution >= 0.6 is 11.3 Å². The number of H-pyrrole nitrogens is 1. The van der Waals surface area contributed by atoms with Crippen LogP contribution in [0.4, 0.5) is 11.5 Å². The number of aromatic amines is 1. The molecular weight excluding hydrogens is 504 g/mol. The molecule has 0 atom stereocenters. The average Bonchev–Trinajstić information content (AvgIpc) is 3.57. The maximum atomic E-state index is 13.1. The Balaban J connectivity index is 1.45. The van der Waals surface area contributed by atoms with Gasteiger partial charge in [0.2, 0.25) is 11.9 Å². The predicted octanol–water partition coefficient (Wildman–Crippen LogP) is 4.67. The smallest absolute Gasteiger partial charge is 0.269 e. The van der Waals surface area contributed by atoms with Gasteiger partial charge in [-0.3, -0.25) is 24.7 Å². The quantitative estimate of drug-likeness (QED) is 0.223. The predicted molar refractivity (Wildman–Crippen MR) is 145 cm³/mol. The number of rotatable bonds is 8. The van der Waals surface area contributed by atoms with Gasteiger partial charge in [0, 0.05) is 30.2 Å². The van der Waals surface area contributed by atoms with Crippen LogP contribution in [-0.2, 0) is 17.6 Å². The lowest BCUT2D eigenvalue weighted by atomic mass is 10.1. The molecule has 0 aliphatic rings. The molecule has 2 N–H and O–H groups in total. The molecule has 0 saturated carbocycles. The van der Waals surface area contributed by atoms with E-state index >= 15 is 0 Å². The molecule has 3 heterocycles. The summed E-state index contributed by atoms with van der Waals surface area (Å²) in [5.74, 6) is 0.161. The highest BCUT2D eigenvalue weighted by atomic mass is 32.1. The molecule has 0 radical (unpaired) electrons. The van der Waals surface area contributed by atoms with Gasteiger partial charge in [-0.2, -0.15) is 9.78 Å². The number of carbonyl (C=O) groups is 1. The fraction of sp³-hybridized carbons (Fsp3) is 0.111. The Kier molecular flexibility index (Phi) is 6.92. The lowest BCUT2D eigenvalue weighted by Crippen LogP contribution is -2.22. The van der Waals surface area contributed by atoms with Gasteiger partial charge in [0.25, 0.3) is 11.2 Å². The number of nitrogens with one attached hydrogen (secondary N) is 2. The highest BCUT2D eigenvalue weighted by Gasteiger charge is 2.18. The lowest BCUT2D eigenvalue weighted by Gasteiger charge is -2.11. The SMILES string of the molecule is Cc1nc(-n2nc(-c3cccs3)cc2NC(=O)Cc2ccc([N+](=O)[O-])cc2)[nH]c(=O)c1Cc1ccccc1. The standard InChI is InChI=1S/C27H22N6O4S/c1-17-21(14-18-6-3-2-4-7-18)26(35)30-27(28-17)32-24(16-22(31-32)23-8-5-13-38-23)29-25(34)15-19-9-11-20(12-10-19)33(36)37/h2-13,16H,14-15H2,1H3,(H,29,34)(H,28,30,35). The fourth-order valence-corrected chi connectivity index (χ4v) is 4.67. The van der Waals surface area contributed by atoms with Crippen LogP contribution in [0.3, 0.4) is 0 Å². The van der Waals surface area contributed by atoms with Crippen molar-refractivity contribution in [2.75, 3.05) is 5.32 Å². The van der Waals surface area contributed by atoms with E-state index in [2.05, 4.69) is 20.4 Å². The van der Waals surface area contributed by atoms with E-state index in [9.17, 15) is 19.7 Å². The first kappa shape index (κ1) is 24.8. The van der Waals surface area contributed by atoms with Crippen LogP contribution in [0.25, 0.3) is 16.5 Å². The van der Waals surface area contributed by atoms with E-state index in [-0.39, 0.29) is 29.5 Å². The van der Waals surface area contributed by atoms with E-state index in [0.29, 0.717) is 34.8 Å². The van der Waals surface area contributed by atoms with Gasteiger partial charge in [0.15, 0.2) is 0 Å². The molecule has 5 rings (SSSR count). The summed E-state index contributed by atoms with van der Waals surface area (Å²) in [5.41, 5.74) is 3.00. The van der Waals surface area contributed by atoms with Crippen molar-refractivity contribution < 1.29 is 9.72 Å². The molecule has 0 saturated heterocycles. The number of carbonyl (C=O) groups excluding carboxylic acids is 1. The van der Waals surface area contributed by atoms with Crippen molar-refractivity contribution in [3.63, 3.8) is 0 Å². The second-order valence-corrected chi connectivity index (χ2v) is 9.52. The number of hydrogen-bond acceptors (Lipinski definition) is 7. The molecule has 38 heavy (non-hydrogen) atoms. The minimum absolute atomic E-state index is 0.00347. The highest BCUT2D eigenvalue weighted by Crippen LogP contribution is 2.27. The van der Waals surface area contributed by atoms with E-state index < -0.39 is 4.92 Å². The van der Waals surface area contributed by atoms with Gasteiger partial charge in [0.05, 0.1) is 21.9 Å². The minimum Gasteiger partial charge on any atom is -0.310 e. The zero-order valence-electron chi connectivity index (χ0n) is 20.2. The Morgan fingerprint density at radius 3 is 2.50 bits per heavy atom. The summed E-state index contributed by atoms with van der Waals surface area (Å²) in [6, 6.07) is 21.0. The van der Waals surface area contributed by atoms with Gasteiger partial charge in [-0.15, -0.1) is 11.3 Å². The molecule has 1 amide bonds. The van der Waals surface area contributed by atoms with Crippen molar-refractivity contribution in [1.29, 1.82) is 0 Å². The largest absolute Gasteiger partial charge is 0.310 e. The summed E-state index contributed by atoms with van der Waals surface area (Å²) in [4.78, 5) is 44.7. The topological polar surface area (TPSA) is 136 Å². The van der Waals surface area contributed by atoms with Gasteiger partial charge in [-0.1, -0.05) is 48.5 Å². The summed E-state index contributed by atoms with van der Waals surface area (Å²) in [6.45, 7) is 1.77. The van der Waals surface area contributed by atoms with E-state index in [4.69, 9.17) is 0 Å². The maximum Gasteiger partial charge on any atom is 0.269 e. The van der Waals surface area contributed by atoms with Crippen molar-refractivity contribution >= 4 is 28.7 Å². The zero-order chi connectivity index (χ0) is 26.6. The van der Waals surface area contributed by atoms with E-state index in [1.54, 1.807) is 25.1 Å². The molecule has 0 aliphatic heterocycles. The van der Waals surface area contributed by atoms with E-state index in [1.165, 1.54) is 28.2 Å². The molecule has 3 aromatic heterocycles. The van der Waals surface area contributed by atoms with Crippen molar-refractivity contribution in [3.8, 4) is 16.5 Å². The maximum absolute atomic E-state index is 13.1. The Morgan fingerprint density at radius 1 is 1.08 bits per heavy atom. The lowest BCUT2D eigenvalue weighted by molar-refractivity contribution is -0.384. The van der Waals surface area contributed by atoms with Crippen LogP contribution < -0.4 is 10.9 Å². The number of nitrogens with zero attached hydrogens (tertiary/aromatic N) is 4. The number of amides is 1. The number of thiophene rings is 1. The number of aryl methyl sites for hydroxylation is 1. The van der Waals surface area contributed by atoms with E-state index in [0.717, 1.165) is 10.4 Å². The van der Waals surface area contributed by atoms with Crippen molar-refractivity contribution in [2.24, 2.45) is 0 Å². The van der Waals surface area contributed by atoms with Crippen LogP contribution in [0.15, 0.2) is 83.0 Å². The molecule has 0 spiro atoms. The van der Waals surface area contributed by atoms with Crippen molar-refractivity contribution in [3.05, 3.63) is 121 Å². The molecule has 2 aromatic carbocycles. The molecule has 5 aromatic rings. The number of benzene rings is 2. The molecule has 0 unspecified atom stereocenters. The second kappa shape index (κ2) is 10.6. The van der Waals surface area contributed by atoms with Gasteiger partial charge >= 0.3 is 0 Å². The number of anilines is 1. The summed E-state index contributed by atoms with van der Waals surface area (Å²) in [6.07, 6.45) is 0.435. The number of aromatic nitrogens is 4. The summed E-state index contributed by atoms with van der Waals surface area (Å²) >= 11 is 1.49. The fourth-order valence-electron chi connectivity index (χ4n) is 3.99.